The maximum Gasteiger partial charge on any atom is 0.266 e. The van der Waals surface area contributed by atoms with E-state index in [1.165, 1.54) is 11.3 Å². The van der Waals surface area contributed by atoms with E-state index in [2.05, 4.69) is 10.3 Å². The average Bonchev–Trinajstić information content (AvgIpc) is 3.06. The Hall–Kier alpha value is -2.28. The van der Waals surface area contributed by atoms with Crippen LogP contribution in [0.4, 0.5) is 10.8 Å². The highest BCUT2D eigenvalue weighted by molar-refractivity contribution is 7.14. The topological polar surface area (TPSA) is 77.2 Å². The number of anilines is 2. The summed E-state index contributed by atoms with van der Waals surface area (Å²) in [5, 5.41) is 5.91. The van der Waals surface area contributed by atoms with Crippen molar-refractivity contribution in [1.29, 1.82) is 0 Å². The Labute approximate surface area is 164 Å². The van der Waals surface area contributed by atoms with Crippen LogP contribution in [-0.2, 0) is 4.79 Å². The van der Waals surface area contributed by atoms with Gasteiger partial charge in [-0.1, -0.05) is 35.3 Å². The van der Waals surface area contributed by atoms with Gasteiger partial charge >= 0.3 is 0 Å². The lowest BCUT2D eigenvalue weighted by Gasteiger charge is -2.14. The third-order valence-electron chi connectivity index (χ3n) is 3.48. The van der Waals surface area contributed by atoms with E-state index in [4.69, 9.17) is 33.7 Å². The molecule has 3 N–H and O–H groups in total. The number of rotatable bonds is 5. The molecule has 0 spiro atoms. The Bertz CT molecular complexity index is 946. The van der Waals surface area contributed by atoms with Gasteiger partial charge in [0.05, 0.1) is 10.7 Å². The molecule has 1 heterocycles. The van der Waals surface area contributed by atoms with Gasteiger partial charge in [0.2, 0.25) is 0 Å². The van der Waals surface area contributed by atoms with Crippen molar-refractivity contribution < 1.29 is 9.53 Å². The fourth-order valence-corrected chi connectivity index (χ4v) is 3.36. The number of hydrogen-bond donors (Lipinski definition) is 2. The third kappa shape index (κ3) is 4.46. The normalized spacial score (nSPS) is 11.8. The Morgan fingerprint density at radius 2 is 2.08 bits per heavy atom. The summed E-state index contributed by atoms with van der Waals surface area (Å²) in [5.74, 6) is 0.0581. The van der Waals surface area contributed by atoms with Crippen LogP contribution >= 0.6 is 34.5 Å². The van der Waals surface area contributed by atoms with Crippen molar-refractivity contribution in [3.63, 3.8) is 0 Å². The zero-order valence-electron chi connectivity index (χ0n) is 13.7. The Morgan fingerprint density at radius 3 is 2.81 bits per heavy atom. The summed E-state index contributed by atoms with van der Waals surface area (Å²) in [6.07, 6.45) is -0.756. The predicted octanol–water partition coefficient (Wildman–Crippen LogP) is 5.11. The van der Waals surface area contributed by atoms with Crippen molar-refractivity contribution in [2.24, 2.45) is 0 Å². The van der Waals surface area contributed by atoms with Crippen molar-refractivity contribution in [3.8, 4) is 17.0 Å². The van der Waals surface area contributed by atoms with Crippen LogP contribution in [0.5, 0.6) is 5.75 Å². The molecule has 0 aliphatic rings. The number of carbonyl (C=O) groups is 1. The fraction of sp³-hybridized carbons (Fsp3) is 0.111. The molecule has 0 radical (unpaired) electrons. The van der Waals surface area contributed by atoms with Gasteiger partial charge in [-0.15, -0.1) is 11.3 Å². The van der Waals surface area contributed by atoms with Gasteiger partial charge in [0.15, 0.2) is 11.2 Å². The van der Waals surface area contributed by atoms with E-state index >= 15 is 0 Å². The fourth-order valence-electron chi connectivity index (χ4n) is 2.18. The molecule has 1 aromatic heterocycles. The number of amides is 1. The van der Waals surface area contributed by atoms with E-state index < -0.39 is 6.10 Å². The monoisotopic (exact) mass is 407 g/mol. The summed E-state index contributed by atoms with van der Waals surface area (Å²) in [6, 6.07) is 12.2. The molecule has 0 fully saturated rings. The van der Waals surface area contributed by atoms with Gasteiger partial charge < -0.3 is 10.5 Å². The molecule has 0 saturated carbocycles. The lowest BCUT2D eigenvalue weighted by Crippen LogP contribution is -2.30. The smallest absolute Gasteiger partial charge is 0.266 e. The summed E-state index contributed by atoms with van der Waals surface area (Å²) in [7, 11) is 0. The summed E-state index contributed by atoms with van der Waals surface area (Å²) >= 11 is 13.2. The number of nitrogens with zero attached hydrogens (tertiary/aromatic N) is 1. The number of halogens is 2. The van der Waals surface area contributed by atoms with Gasteiger partial charge in [0.1, 0.15) is 5.75 Å². The molecular weight excluding hydrogens is 393 g/mol. The lowest BCUT2D eigenvalue weighted by atomic mass is 10.1. The number of nitrogen functional groups attached to an aromatic ring is 1. The van der Waals surface area contributed by atoms with E-state index in [0.717, 1.165) is 11.3 Å². The van der Waals surface area contributed by atoms with Crippen LogP contribution in [0.1, 0.15) is 6.92 Å². The third-order valence-corrected chi connectivity index (χ3v) is 4.77. The van der Waals surface area contributed by atoms with Gasteiger partial charge in [-0.3, -0.25) is 10.1 Å². The number of benzene rings is 2. The molecule has 26 heavy (non-hydrogen) atoms. The number of carbonyl (C=O) groups excluding carboxylic acids is 1. The molecule has 0 saturated heterocycles. The molecule has 134 valence electrons. The molecule has 8 heteroatoms. The predicted molar refractivity (Wildman–Crippen MR) is 107 cm³/mol. The molecule has 1 unspecified atom stereocenters. The molecular formula is C18H15Cl2N3O2S. The van der Waals surface area contributed by atoms with E-state index in [0.29, 0.717) is 26.6 Å². The molecule has 1 atom stereocenters. The first-order valence-electron chi connectivity index (χ1n) is 7.66. The molecule has 1 amide bonds. The summed E-state index contributed by atoms with van der Waals surface area (Å²) < 4.78 is 5.60. The minimum atomic E-state index is -0.756. The summed E-state index contributed by atoms with van der Waals surface area (Å²) in [5.41, 5.74) is 8.07. The second-order valence-electron chi connectivity index (χ2n) is 5.49. The highest BCUT2D eigenvalue weighted by Crippen LogP contribution is 2.29. The van der Waals surface area contributed by atoms with Gasteiger partial charge in [-0.25, -0.2) is 4.98 Å². The van der Waals surface area contributed by atoms with Gasteiger partial charge in [-0.05, 0) is 37.3 Å². The second-order valence-corrected chi connectivity index (χ2v) is 7.19. The second kappa shape index (κ2) is 7.95. The van der Waals surface area contributed by atoms with Crippen molar-refractivity contribution in [2.75, 3.05) is 11.1 Å². The molecule has 5 nitrogen and oxygen atoms in total. The highest BCUT2D eigenvalue weighted by atomic mass is 35.5. The van der Waals surface area contributed by atoms with Crippen molar-refractivity contribution in [1.82, 2.24) is 4.98 Å². The van der Waals surface area contributed by atoms with Crippen molar-refractivity contribution in [2.45, 2.75) is 13.0 Å². The first-order valence-corrected chi connectivity index (χ1v) is 9.30. The molecule has 0 bridgehead atoms. The van der Waals surface area contributed by atoms with E-state index in [9.17, 15) is 4.79 Å². The van der Waals surface area contributed by atoms with Gasteiger partial charge in [-0.2, -0.15) is 0 Å². The largest absolute Gasteiger partial charge is 0.479 e. The van der Waals surface area contributed by atoms with Crippen LogP contribution in [0, 0.1) is 0 Å². The molecule has 3 rings (SSSR count). The first kappa shape index (κ1) is 18.5. The molecule has 0 aliphatic carbocycles. The minimum absolute atomic E-state index is 0.329. The minimum Gasteiger partial charge on any atom is -0.479 e. The van der Waals surface area contributed by atoms with Gasteiger partial charge in [0, 0.05) is 21.7 Å². The van der Waals surface area contributed by atoms with Crippen LogP contribution in [0.2, 0.25) is 10.0 Å². The lowest BCUT2D eigenvalue weighted by molar-refractivity contribution is -0.122. The average molecular weight is 408 g/mol. The maximum atomic E-state index is 12.3. The quantitative estimate of drug-likeness (QED) is 0.576. The van der Waals surface area contributed by atoms with Crippen LogP contribution in [0.3, 0.4) is 0 Å². The zero-order valence-corrected chi connectivity index (χ0v) is 16.0. The number of nitrogens with two attached hydrogens (primary N) is 1. The SMILES string of the molecule is CC(Oc1ccc(Cl)cc1Cl)C(=O)Nc1nc(-c2cccc(N)c2)cs1. The number of ether oxygens (including phenoxy) is 1. The molecule has 2 aromatic carbocycles. The number of thiazole rings is 1. The number of nitrogens with one attached hydrogen (secondary N) is 1. The van der Waals surface area contributed by atoms with E-state index in [1.54, 1.807) is 31.2 Å². The van der Waals surface area contributed by atoms with E-state index in [-0.39, 0.29) is 5.91 Å². The maximum absolute atomic E-state index is 12.3. The zero-order chi connectivity index (χ0) is 18.7. The molecule has 0 aliphatic heterocycles. The van der Waals surface area contributed by atoms with Crippen LogP contribution in [-0.4, -0.2) is 17.0 Å². The first-order chi connectivity index (χ1) is 12.4. The highest BCUT2D eigenvalue weighted by Gasteiger charge is 2.18. The Kier molecular flexibility index (Phi) is 5.66. The van der Waals surface area contributed by atoms with Crippen LogP contribution in [0.25, 0.3) is 11.3 Å². The van der Waals surface area contributed by atoms with Gasteiger partial charge in [0.25, 0.3) is 5.91 Å². The van der Waals surface area contributed by atoms with Crippen molar-refractivity contribution in [3.05, 3.63) is 57.9 Å². The van der Waals surface area contributed by atoms with Crippen LogP contribution < -0.4 is 15.8 Å². The van der Waals surface area contributed by atoms with Crippen LogP contribution in [0.15, 0.2) is 47.8 Å². The Morgan fingerprint density at radius 1 is 1.27 bits per heavy atom. The standard InChI is InChI=1S/C18H15Cl2N3O2S/c1-10(25-16-6-5-12(19)8-14(16)20)17(24)23-18-22-15(9-26-18)11-3-2-4-13(21)7-11/h2-10H,21H2,1H3,(H,22,23,24). The Balaban J connectivity index is 1.66. The van der Waals surface area contributed by atoms with E-state index in [1.807, 2.05) is 23.6 Å². The summed E-state index contributed by atoms with van der Waals surface area (Å²) in [6.45, 7) is 1.63. The number of aromatic nitrogens is 1. The number of hydrogen-bond acceptors (Lipinski definition) is 5. The van der Waals surface area contributed by atoms with Crippen molar-refractivity contribution >= 4 is 51.3 Å². The molecule has 3 aromatic rings. The summed E-state index contributed by atoms with van der Waals surface area (Å²) in [4.78, 5) is 16.7.